The summed E-state index contributed by atoms with van der Waals surface area (Å²) in [4.78, 5) is 0. The first kappa shape index (κ1) is 11.5. The van der Waals surface area contributed by atoms with Crippen molar-refractivity contribution in [2.24, 2.45) is 0 Å². The maximum Gasteiger partial charge on any atom is 0.128 e. The molecule has 14 heavy (non-hydrogen) atoms. The van der Waals surface area contributed by atoms with Crippen molar-refractivity contribution in [3.8, 4) is 0 Å². The monoisotopic (exact) mass is 217 g/mol. The summed E-state index contributed by atoms with van der Waals surface area (Å²) >= 11 is 1.59. The van der Waals surface area contributed by atoms with Crippen LogP contribution < -0.4 is 5.32 Å². The van der Waals surface area contributed by atoms with E-state index in [1.807, 2.05) is 6.26 Å². The average molecular weight is 217 g/mol. The average Bonchev–Trinajstić information content (AvgIpc) is 2.18. The molecule has 1 unspecified atom stereocenters. The number of rotatable bonds is 4. The molecule has 0 radical (unpaired) electrons. The van der Waals surface area contributed by atoms with Gasteiger partial charge in [-0.3, -0.25) is 0 Å². The molecule has 0 spiro atoms. The van der Waals surface area contributed by atoms with Gasteiger partial charge in [-0.05, 0) is 31.5 Å². The van der Waals surface area contributed by atoms with Crippen LogP contribution in [0.5, 0.6) is 0 Å². The van der Waals surface area contributed by atoms with Crippen molar-refractivity contribution in [2.75, 3.05) is 19.1 Å². The van der Waals surface area contributed by atoms with E-state index in [1.54, 1.807) is 18.8 Å². The van der Waals surface area contributed by atoms with Gasteiger partial charge in [0.05, 0.1) is 0 Å². The first-order valence-electron chi connectivity index (χ1n) is 4.30. The molecule has 1 atom stereocenters. The number of hydrogen-bond acceptors (Lipinski definition) is 2. The fraction of sp³-hybridized carbons (Fsp3) is 0.400. The van der Waals surface area contributed by atoms with Crippen LogP contribution in [0.25, 0.3) is 0 Å². The van der Waals surface area contributed by atoms with E-state index in [-0.39, 0.29) is 11.9 Å². The third kappa shape index (κ3) is 2.69. The van der Waals surface area contributed by atoms with Crippen molar-refractivity contribution in [3.63, 3.8) is 0 Å². The van der Waals surface area contributed by atoms with Gasteiger partial charge in [0.2, 0.25) is 0 Å². The molecule has 78 valence electrons. The van der Waals surface area contributed by atoms with Gasteiger partial charge in [0.15, 0.2) is 0 Å². The fourth-order valence-electron chi connectivity index (χ4n) is 1.28. The highest BCUT2D eigenvalue weighted by molar-refractivity contribution is 7.98. The van der Waals surface area contributed by atoms with Crippen LogP contribution in [-0.2, 0) is 0 Å². The minimum absolute atomic E-state index is 0.138. The molecular formula is C10H13F2NS. The van der Waals surface area contributed by atoms with Crippen LogP contribution in [0.3, 0.4) is 0 Å². The Morgan fingerprint density at radius 3 is 2.71 bits per heavy atom. The van der Waals surface area contributed by atoms with Crippen LogP contribution in [0, 0.1) is 11.6 Å². The van der Waals surface area contributed by atoms with Crippen LogP contribution in [0.4, 0.5) is 8.78 Å². The zero-order valence-electron chi connectivity index (χ0n) is 8.18. The molecule has 0 bridgehead atoms. The Labute approximate surface area is 86.9 Å². The number of thioether (sulfide) groups is 1. The summed E-state index contributed by atoms with van der Waals surface area (Å²) in [6, 6.07) is 3.40. The van der Waals surface area contributed by atoms with Crippen molar-refractivity contribution in [1.82, 2.24) is 5.32 Å². The molecule has 0 aliphatic rings. The Morgan fingerprint density at radius 1 is 1.43 bits per heavy atom. The van der Waals surface area contributed by atoms with Gasteiger partial charge in [0, 0.05) is 17.4 Å². The van der Waals surface area contributed by atoms with Crippen molar-refractivity contribution >= 4 is 11.8 Å². The molecule has 0 heterocycles. The third-order valence-electron chi connectivity index (χ3n) is 2.02. The lowest BCUT2D eigenvalue weighted by molar-refractivity contribution is 0.549. The summed E-state index contributed by atoms with van der Waals surface area (Å²) < 4.78 is 26.2. The van der Waals surface area contributed by atoms with Crippen LogP contribution >= 0.6 is 11.8 Å². The van der Waals surface area contributed by atoms with E-state index in [2.05, 4.69) is 5.32 Å². The summed E-state index contributed by atoms with van der Waals surface area (Å²) in [6.07, 6.45) is 1.93. The molecule has 1 aromatic rings. The van der Waals surface area contributed by atoms with Gasteiger partial charge < -0.3 is 5.32 Å². The molecule has 1 N–H and O–H groups in total. The zero-order valence-corrected chi connectivity index (χ0v) is 9.00. The molecule has 0 saturated carbocycles. The zero-order chi connectivity index (χ0) is 10.6. The molecule has 0 aromatic heterocycles. The Kier molecular flexibility index (Phi) is 4.35. The third-order valence-corrected chi connectivity index (χ3v) is 2.68. The largest absolute Gasteiger partial charge is 0.312 e. The van der Waals surface area contributed by atoms with E-state index < -0.39 is 5.82 Å². The van der Waals surface area contributed by atoms with E-state index in [0.29, 0.717) is 5.56 Å². The van der Waals surface area contributed by atoms with Gasteiger partial charge >= 0.3 is 0 Å². The van der Waals surface area contributed by atoms with Gasteiger partial charge in [0.25, 0.3) is 0 Å². The minimum Gasteiger partial charge on any atom is -0.312 e. The predicted octanol–water partition coefficient (Wildman–Crippen LogP) is 2.59. The molecule has 0 fully saturated rings. The fourth-order valence-corrected chi connectivity index (χ4v) is 1.96. The van der Waals surface area contributed by atoms with Crippen molar-refractivity contribution < 1.29 is 8.78 Å². The number of benzene rings is 1. The summed E-state index contributed by atoms with van der Waals surface area (Å²) in [7, 11) is 1.74. The second kappa shape index (κ2) is 5.32. The Bertz CT molecular complexity index is 304. The molecule has 1 nitrogen and oxygen atoms in total. The van der Waals surface area contributed by atoms with Gasteiger partial charge in [-0.15, -0.1) is 0 Å². The molecule has 0 aliphatic carbocycles. The van der Waals surface area contributed by atoms with Gasteiger partial charge in [-0.25, -0.2) is 8.78 Å². The minimum atomic E-state index is -0.400. The van der Waals surface area contributed by atoms with Crippen LogP contribution in [0.2, 0.25) is 0 Å². The second-order valence-electron chi connectivity index (χ2n) is 2.96. The predicted molar refractivity (Wildman–Crippen MR) is 56.5 cm³/mol. The molecule has 4 heteroatoms. The Balaban J connectivity index is 2.96. The smallest absolute Gasteiger partial charge is 0.128 e. The van der Waals surface area contributed by atoms with Crippen molar-refractivity contribution in [3.05, 3.63) is 35.4 Å². The van der Waals surface area contributed by atoms with E-state index in [9.17, 15) is 8.78 Å². The Hall–Kier alpha value is -0.610. The highest BCUT2D eigenvalue weighted by Crippen LogP contribution is 2.20. The lowest BCUT2D eigenvalue weighted by Crippen LogP contribution is -2.20. The first-order chi connectivity index (χ1) is 6.69. The van der Waals surface area contributed by atoms with Crippen LogP contribution in [-0.4, -0.2) is 19.1 Å². The number of halogens is 2. The molecule has 1 rings (SSSR count). The standard InChI is InChI=1S/C10H13F2NS/c1-13-10(6-14-2)8-5-7(11)3-4-9(8)12/h3-5,10,13H,6H2,1-2H3. The highest BCUT2D eigenvalue weighted by atomic mass is 32.2. The van der Waals surface area contributed by atoms with Crippen LogP contribution in [0.1, 0.15) is 11.6 Å². The van der Waals surface area contributed by atoms with E-state index in [0.717, 1.165) is 17.9 Å². The molecule has 0 amide bonds. The highest BCUT2D eigenvalue weighted by Gasteiger charge is 2.13. The summed E-state index contributed by atoms with van der Waals surface area (Å²) in [5.74, 6) is -0.0424. The summed E-state index contributed by atoms with van der Waals surface area (Å²) in [6.45, 7) is 0. The quantitative estimate of drug-likeness (QED) is 0.832. The molecule has 1 aromatic carbocycles. The molecule has 0 saturated heterocycles. The van der Waals surface area contributed by atoms with E-state index in [1.165, 1.54) is 6.07 Å². The van der Waals surface area contributed by atoms with E-state index in [4.69, 9.17) is 0 Å². The lowest BCUT2D eigenvalue weighted by atomic mass is 10.1. The second-order valence-corrected chi connectivity index (χ2v) is 3.87. The lowest BCUT2D eigenvalue weighted by Gasteiger charge is -2.15. The summed E-state index contributed by atoms with van der Waals surface area (Å²) in [5.41, 5.74) is 0.391. The number of nitrogens with one attached hydrogen (secondary N) is 1. The first-order valence-corrected chi connectivity index (χ1v) is 5.69. The van der Waals surface area contributed by atoms with Gasteiger partial charge in [0.1, 0.15) is 11.6 Å². The van der Waals surface area contributed by atoms with Gasteiger partial charge in [-0.1, -0.05) is 0 Å². The topological polar surface area (TPSA) is 12.0 Å². The van der Waals surface area contributed by atoms with Crippen molar-refractivity contribution in [2.45, 2.75) is 6.04 Å². The van der Waals surface area contributed by atoms with Crippen LogP contribution in [0.15, 0.2) is 18.2 Å². The maximum atomic E-state index is 13.3. The van der Waals surface area contributed by atoms with E-state index >= 15 is 0 Å². The van der Waals surface area contributed by atoms with Gasteiger partial charge in [-0.2, -0.15) is 11.8 Å². The molecule has 0 aliphatic heterocycles. The molecular weight excluding hydrogens is 204 g/mol. The van der Waals surface area contributed by atoms with Crippen molar-refractivity contribution in [1.29, 1.82) is 0 Å². The SMILES string of the molecule is CNC(CSC)c1cc(F)ccc1F. The number of hydrogen-bond donors (Lipinski definition) is 1. The maximum absolute atomic E-state index is 13.3. The summed E-state index contributed by atoms with van der Waals surface area (Å²) in [5, 5.41) is 2.96. The Morgan fingerprint density at radius 2 is 2.14 bits per heavy atom. The normalized spacial score (nSPS) is 12.9.